The van der Waals surface area contributed by atoms with Crippen molar-refractivity contribution in [3.63, 3.8) is 0 Å². The Bertz CT molecular complexity index is 451. The van der Waals surface area contributed by atoms with Crippen molar-refractivity contribution in [2.45, 2.75) is 64.0 Å². The summed E-state index contributed by atoms with van der Waals surface area (Å²) in [6.45, 7) is 5.75. The molecule has 0 spiro atoms. The second-order valence-electron chi connectivity index (χ2n) is 7.71. The number of rotatable bonds is 6. The topological polar surface area (TPSA) is 51.2 Å². The van der Waals surface area contributed by atoms with E-state index in [1.165, 1.54) is 51.5 Å². The molecule has 1 unspecified atom stereocenters. The number of nitrogens with zero attached hydrogens (tertiary/aromatic N) is 4. The Kier molecular flexibility index (Phi) is 10.8. The highest BCUT2D eigenvalue weighted by atomic mass is 127. The molecule has 1 N–H and O–H groups in total. The largest absolute Gasteiger partial charge is 0.354 e. The van der Waals surface area contributed by atoms with E-state index in [-0.39, 0.29) is 36.4 Å². The van der Waals surface area contributed by atoms with Crippen molar-refractivity contribution in [1.29, 1.82) is 0 Å². The van der Waals surface area contributed by atoms with Crippen molar-refractivity contribution in [3.8, 4) is 0 Å². The quantitative estimate of drug-likeness (QED) is 0.361. The number of amides is 1. The Morgan fingerprint density at radius 2 is 1.81 bits per heavy atom. The molecule has 1 atom stereocenters. The lowest BCUT2D eigenvalue weighted by molar-refractivity contribution is -0.127. The predicted molar refractivity (Wildman–Crippen MR) is 119 cm³/mol. The summed E-state index contributed by atoms with van der Waals surface area (Å²) in [4.78, 5) is 23.0. The van der Waals surface area contributed by atoms with Gasteiger partial charge >= 0.3 is 0 Å². The third kappa shape index (κ3) is 7.21. The van der Waals surface area contributed by atoms with E-state index >= 15 is 0 Å². The Hall–Kier alpha value is -0.570. The maximum atomic E-state index is 12.0. The number of hydrogen-bond acceptors (Lipinski definition) is 3. The molecule has 0 radical (unpaired) electrons. The smallest absolute Gasteiger partial charge is 0.243 e. The molecule has 1 amide bonds. The molecule has 0 aromatic carbocycles. The van der Waals surface area contributed by atoms with Gasteiger partial charge in [0.2, 0.25) is 5.91 Å². The number of halogens is 1. The van der Waals surface area contributed by atoms with E-state index in [0.29, 0.717) is 12.1 Å². The number of likely N-dealkylation sites (tertiary alicyclic amines) is 1. The average Bonchev–Trinajstić information content (AvgIpc) is 3.06. The van der Waals surface area contributed by atoms with Crippen LogP contribution < -0.4 is 5.32 Å². The highest BCUT2D eigenvalue weighted by Crippen LogP contribution is 2.19. The molecular weight excluding hydrogens is 441 g/mol. The zero-order valence-corrected chi connectivity index (χ0v) is 19.4. The van der Waals surface area contributed by atoms with Gasteiger partial charge in [-0.2, -0.15) is 0 Å². The van der Waals surface area contributed by atoms with E-state index in [1.54, 1.807) is 19.0 Å². The van der Waals surface area contributed by atoms with Crippen LogP contribution in [0.5, 0.6) is 0 Å². The maximum absolute atomic E-state index is 12.0. The molecule has 0 bridgehead atoms. The van der Waals surface area contributed by atoms with Crippen LogP contribution >= 0.6 is 24.0 Å². The third-order valence-electron chi connectivity index (χ3n) is 5.55. The minimum absolute atomic E-state index is 0. The van der Waals surface area contributed by atoms with Crippen LogP contribution in [0.15, 0.2) is 4.99 Å². The van der Waals surface area contributed by atoms with Crippen molar-refractivity contribution in [2.24, 2.45) is 4.99 Å². The molecule has 0 aromatic rings. The van der Waals surface area contributed by atoms with Gasteiger partial charge in [-0.25, -0.2) is 4.99 Å². The van der Waals surface area contributed by atoms with Gasteiger partial charge in [-0.15, -0.1) is 24.0 Å². The lowest BCUT2D eigenvalue weighted by Gasteiger charge is -2.32. The SMILES string of the molecule is CCN1CCCC1CN(C)C(=NCC(=O)N(C)C)NC1CCCCC1.I. The Morgan fingerprint density at radius 3 is 2.42 bits per heavy atom. The van der Waals surface area contributed by atoms with E-state index in [4.69, 9.17) is 0 Å². The van der Waals surface area contributed by atoms with E-state index in [9.17, 15) is 4.79 Å². The lowest BCUT2D eigenvalue weighted by atomic mass is 9.96. The number of carbonyl (C=O) groups excluding carboxylic acids is 1. The fraction of sp³-hybridized carbons (Fsp3) is 0.895. The monoisotopic (exact) mass is 479 g/mol. The fourth-order valence-corrected chi connectivity index (χ4v) is 3.91. The molecule has 26 heavy (non-hydrogen) atoms. The second-order valence-corrected chi connectivity index (χ2v) is 7.71. The number of aliphatic imine (C=N–C) groups is 1. The molecule has 7 heteroatoms. The van der Waals surface area contributed by atoms with Crippen molar-refractivity contribution < 1.29 is 4.79 Å². The Balaban J connectivity index is 0.00000338. The zero-order chi connectivity index (χ0) is 18.2. The first-order valence-electron chi connectivity index (χ1n) is 9.97. The second kappa shape index (κ2) is 12.0. The maximum Gasteiger partial charge on any atom is 0.243 e. The van der Waals surface area contributed by atoms with Crippen molar-refractivity contribution in [3.05, 3.63) is 0 Å². The molecule has 1 saturated heterocycles. The number of hydrogen-bond donors (Lipinski definition) is 1. The van der Waals surface area contributed by atoms with Crippen molar-refractivity contribution >= 4 is 35.8 Å². The van der Waals surface area contributed by atoms with E-state index in [0.717, 1.165) is 19.0 Å². The van der Waals surface area contributed by atoms with Crippen LogP contribution in [0.25, 0.3) is 0 Å². The standard InChI is InChI=1S/C19H37N5O.HI/c1-5-24-13-9-12-17(24)15-23(4)19(20-14-18(25)22(2)3)21-16-10-7-6-8-11-16;/h16-17H,5-15H2,1-4H3,(H,20,21);1H. The summed E-state index contributed by atoms with van der Waals surface area (Å²) in [6.07, 6.45) is 8.87. The molecule has 6 nitrogen and oxygen atoms in total. The zero-order valence-electron chi connectivity index (χ0n) is 17.0. The van der Waals surface area contributed by atoms with Gasteiger partial charge in [-0.1, -0.05) is 26.2 Å². The van der Waals surface area contributed by atoms with Crippen LogP contribution in [0, 0.1) is 0 Å². The summed E-state index contributed by atoms with van der Waals surface area (Å²) >= 11 is 0. The summed E-state index contributed by atoms with van der Waals surface area (Å²) in [5, 5.41) is 3.64. The number of likely N-dealkylation sites (N-methyl/N-ethyl adjacent to an activating group) is 3. The van der Waals surface area contributed by atoms with Crippen LogP contribution in [0.2, 0.25) is 0 Å². The molecule has 1 saturated carbocycles. The van der Waals surface area contributed by atoms with Crippen molar-refractivity contribution in [2.75, 3.05) is 47.3 Å². The van der Waals surface area contributed by atoms with Gasteiger partial charge in [-0.05, 0) is 38.8 Å². The van der Waals surface area contributed by atoms with Gasteiger partial charge in [0.1, 0.15) is 6.54 Å². The first kappa shape index (κ1) is 23.5. The Morgan fingerprint density at radius 1 is 1.12 bits per heavy atom. The summed E-state index contributed by atoms with van der Waals surface area (Å²) in [5.41, 5.74) is 0. The third-order valence-corrected chi connectivity index (χ3v) is 5.55. The summed E-state index contributed by atoms with van der Waals surface area (Å²) in [6, 6.07) is 1.09. The average molecular weight is 479 g/mol. The minimum atomic E-state index is 0. The fourth-order valence-electron chi connectivity index (χ4n) is 3.91. The van der Waals surface area contributed by atoms with Gasteiger partial charge in [0.05, 0.1) is 0 Å². The number of carbonyl (C=O) groups is 1. The van der Waals surface area contributed by atoms with Gasteiger partial charge in [-0.3, -0.25) is 9.69 Å². The molecule has 1 heterocycles. The van der Waals surface area contributed by atoms with E-state index < -0.39 is 0 Å². The van der Waals surface area contributed by atoms with Crippen LogP contribution in [0.4, 0.5) is 0 Å². The molecule has 2 aliphatic rings. The summed E-state index contributed by atoms with van der Waals surface area (Å²) < 4.78 is 0. The first-order chi connectivity index (χ1) is 12.0. The van der Waals surface area contributed by atoms with Gasteiger partial charge in [0, 0.05) is 39.8 Å². The Labute approximate surface area is 176 Å². The predicted octanol–water partition coefficient (Wildman–Crippen LogP) is 2.39. The molecule has 2 fully saturated rings. The summed E-state index contributed by atoms with van der Waals surface area (Å²) in [7, 11) is 5.68. The molecule has 2 rings (SSSR count). The summed E-state index contributed by atoms with van der Waals surface area (Å²) in [5.74, 6) is 0.942. The highest BCUT2D eigenvalue weighted by Gasteiger charge is 2.26. The van der Waals surface area contributed by atoms with Gasteiger partial charge < -0.3 is 15.1 Å². The van der Waals surface area contributed by atoms with Gasteiger partial charge in [0.25, 0.3) is 0 Å². The number of guanidine groups is 1. The normalized spacial score (nSPS) is 22.0. The molecule has 1 aliphatic heterocycles. The highest BCUT2D eigenvalue weighted by molar-refractivity contribution is 14.0. The number of nitrogens with one attached hydrogen (secondary N) is 1. The molecular formula is C19H38IN5O. The lowest BCUT2D eigenvalue weighted by Crippen LogP contribution is -2.49. The minimum Gasteiger partial charge on any atom is -0.354 e. The van der Waals surface area contributed by atoms with E-state index in [1.807, 2.05) is 0 Å². The van der Waals surface area contributed by atoms with Crippen LogP contribution in [0.1, 0.15) is 51.9 Å². The van der Waals surface area contributed by atoms with Crippen LogP contribution in [-0.2, 0) is 4.79 Å². The van der Waals surface area contributed by atoms with Crippen molar-refractivity contribution in [1.82, 2.24) is 20.0 Å². The molecule has 152 valence electrons. The molecule has 0 aromatic heterocycles. The molecule has 1 aliphatic carbocycles. The van der Waals surface area contributed by atoms with Crippen LogP contribution in [0.3, 0.4) is 0 Å². The van der Waals surface area contributed by atoms with Crippen LogP contribution in [-0.4, -0.2) is 86.0 Å². The van der Waals surface area contributed by atoms with E-state index in [2.05, 4.69) is 34.1 Å². The first-order valence-corrected chi connectivity index (χ1v) is 9.97. The van der Waals surface area contributed by atoms with Gasteiger partial charge in [0.15, 0.2) is 5.96 Å².